The Morgan fingerprint density at radius 2 is 1.56 bits per heavy atom. The molecule has 0 spiro atoms. The molecule has 5 aromatic rings. The quantitative estimate of drug-likeness (QED) is 0.0861. The number of methoxy groups -OCH3 is 1. The van der Waals surface area contributed by atoms with Crippen LogP contribution in [0.25, 0.3) is 17.3 Å². The molecule has 11 heteroatoms. The Balaban J connectivity index is 1.19. The van der Waals surface area contributed by atoms with Gasteiger partial charge in [0.1, 0.15) is 17.2 Å². The number of ether oxygens (including phenoxy) is 2. The van der Waals surface area contributed by atoms with E-state index in [9.17, 15) is 14.4 Å². The zero-order chi connectivity index (χ0) is 33.9. The van der Waals surface area contributed by atoms with E-state index in [-0.39, 0.29) is 11.6 Å². The normalized spacial score (nSPS) is 11.7. The van der Waals surface area contributed by atoms with Gasteiger partial charge in [0, 0.05) is 27.1 Å². The van der Waals surface area contributed by atoms with Crippen LogP contribution in [0, 0.1) is 0 Å². The van der Waals surface area contributed by atoms with Crippen molar-refractivity contribution < 1.29 is 23.9 Å². The van der Waals surface area contributed by atoms with Crippen LogP contribution in [0.4, 0.5) is 10.8 Å². The number of carbonyl (C=O) groups excluding carboxylic acids is 3. The van der Waals surface area contributed by atoms with Crippen molar-refractivity contribution in [2.45, 2.75) is 24.0 Å². The highest BCUT2D eigenvalue weighted by Gasteiger charge is 2.18. The second-order valence-electron chi connectivity index (χ2n) is 10.4. The first-order valence-electron chi connectivity index (χ1n) is 15.1. The summed E-state index contributed by atoms with van der Waals surface area (Å²) in [5.41, 5.74) is 3.45. The van der Waals surface area contributed by atoms with Gasteiger partial charge in [-0.05, 0) is 98.3 Å². The number of thiazole rings is 1. The van der Waals surface area contributed by atoms with Gasteiger partial charge in [0.05, 0.1) is 24.7 Å². The second-order valence-corrected chi connectivity index (χ2v) is 12.6. The molecule has 1 heterocycles. The summed E-state index contributed by atoms with van der Waals surface area (Å²) in [6, 6.07) is 30.6. The summed E-state index contributed by atoms with van der Waals surface area (Å²) >= 11 is 2.75. The molecule has 0 radical (unpaired) electrons. The lowest BCUT2D eigenvalue weighted by Crippen LogP contribution is -2.30. The number of nitrogens with zero attached hydrogens (tertiary/aromatic N) is 1. The van der Waals surface area contributed by atoms with Gasteiger partial charge in [0.15, 0.2) is 5.13 Å². The van der Waals surface area contributed by atoms with Gasteiger partial charge < -0.3 is 25.4 Å². The number of thioether (sulfide) groups is 1. The molecule has 3 N–H and O–H groups in total. The Bertz CT molecular complexity index is 1870. The minimum absolute atomic E-state index is 0.0747. The molecule has 0 fully saturated rings. The molecule has 0 saturated heterocycles. The monoisotopic (exact) mass is 678 g/mol. The van der Waals surface area contributed by atoms with Gasteiger partial charge in [0.2, 0.25) is 5.91 Å². The number of anilines is 2. The van der Waals surface area contributed by atoms with E-state index in [1.54, 1.807) is 73.8 Å². The molecule has 0 aliphatic carbocycles. The third-order valence-electron chi connectivity index (χ3n) is 6.95. The lowest BCUT2D eigenvalue weighted by Gasteiger charge is -2.13. The predicted octanol–water partition coefficient (Wildman–Crippen LogP) is 7.75. The SMILES string of the molecule is CCOc1ccc(-c2csc(NC(=O)C(C)Sc3ccc(NC(=O)/C(=C/c4ccc(OC)cc4)NC(=O)c4ccccc4)cc3)n2)cc1. The molecule has 5 rings (SSSR count). The lowest BCUT2D eigenvalue weighted by molar-refractivity contribution is -0.115. The summed E-state index contributed by atoms with van der Waals surface area (Å²) < 4.78 is 10.7. The number of amides is 3. The fourth-order valence-electron chi connectivity index (χ4n) is 4.44. The van der Waals surface area contributed by atoms with E-state index in [0.717, 1.165) is 21.9 Å². The summed E-state index contributed by atoms with van der Waals surface area (Å²) in [7, 11) is 1.58. The van der Waals surface area contributed by atoms with Crippen molar-refractivity contribution >= 4 is 57.7 Å². The largest absolute Gasteiger partial charge is 0.497 e. The van der Waals surface area contributed by atoms with Gasteiger partial charge in [0.25, 0.3) is 11.8 Å². The molecule has 1 aromatic heterocycles. The van der Waals surface area contributed by atoms with Crippen LogP contribution in [0.15, 0.2) is 119 Å². The minimum Gasteiger partial charge on any atom is -0.497 e. The molecule has 0 aliphatic rings. The Morgan fingerprint density at radius 3 is 2.23 bits per heavy atom. The lowest BCUT2D eigenvalue weighted by atomic mass is 10.1. The number of rotatable bonds is 13. The van der Waals surface area contributed by atoms with Crippen molar-refractivity contribution in [3.8, 4) is 22.8 Å². The van der Waals surface area contributed by atoms with Crippen molar-refractivity contribution in [2.75, 3.05) is 24.4 Å². The molecule has 0 saturated carbocycles. The van der Waals surface area contributed by atoms with Crippen LogP contribution in [0.1, 0.15) is 29.8 Å². The molecule has 3 amide bonds. The Hall–Kier alpha value is -5.39. The number of hydrogen-bond acceptors (Lipinski definition) is 8. The van der Waals surface area contributed by atoms with Gasteiger partial charge >= 0.3 is 0 Å². The van der Waals surface area contributed by atoms with Gasteiger partial charge in [-0.3, -0.25) is 14.4 Å². The third-order valence-corrected chi connectivity index (χ3v) is 8.81. The van der Waals surface area contributed by atoms with Crippen LogP contribution >= 0.6 is 23.1 Å². The molecular formula is C37H34N4O5S2. The summed E-state index contributed by atoms with van der Waals surface area (Å²) in [6.07, 6.45) is 1.60. The summed E-state index contributed by atoms with van der Waals surface area (Å²) in [6.45, 7) is 4.36. The van der Waals surface area contributed by atoms with E-state index in [1.165, 1.54) is 23.1 Å². The van der Waals surface area contributed by atoms with Crippen LogP contribution < -0.4 is 25.4 Å². The first kappa shape index (κ1) is 34.0. The maximum absolute atomic E-state index is 13.4. The van der Waals surface area contributed by atoms with Crippen LogP contribution in [-0.4, -0.2) is 41.7 Å². The van der Waals surface area contributed by atoms with Gasteiger partial charge in [-0.2, -0.15) is 0 Å². The van der Waals surface area contributed by atoms with Crippen molar-refractivity contribution in [1.29, 1.82) is 0 Å². The van der Waals surface area contributed by atoms with E-state index < -0.39 is 17.1 Å². The van der Waals surface area contributed by atoms with Crippen LogP contribution in [-0.2, 0) is 9.59 Å². The third kappa shape index (κ3) is 9.34. The molecule has 244 valence electrons. The Morgan fingerprint density at radius 1 is 0.875 bits per heavy atom. The Kier molecular flexibility index (Phi) is 11.6. The smallest absolute Gasteiger partial charge is 0.272 e. The maximum atomic E-state index is 13.4. The van der Waals surface area contributed by atoms with Gasteiger partial charge in [-0.25, -0.2) is 4.98 Å². The first-order chi connectivity index (χ1) is 23.3. The predicted molar refractivity (Wildman–Crippen MR) is 193 cm³/mol. The fraction of sp³-hybridized carbons (Fsp3) is 0.135. The number of benzene rings is 4. The number of hydrogen-bond donors (Lipinski definition) is 3. The van der Waals surface area contributed by atoms with Crippen LogP contribution in [0.5, 0.6) is 11.5 Å². The average molecular weight is 679 g/mol. The van der Waals surface area contributed by atoms with Crippen LogP contribution in [0.3, 0.4) is 0 Å². The standard InChI is InChI=1S/C37H34N4O5S2/c1-4-46-30-18-12-26(13-19-30)33-23-47-37(40-33)41-34(42)24(2)48-31-20-14-28(15-21-31)38-36(44)32(22-25-10-16-29(45-3)17-11-25)39-35(43)27-8-6-5-7-9-27/h5-24H,4H2,1-3H3,(H,38,44)(H,39,43)(H,40,41,42)/b32-22-. The molecule has 0 aliphatic heterocycles. The van der Waals surface area contributed by atoms with E-state index in [4.69, 9.17) is 9.47 Å². The van der Waals surface area contributed by atoms with Crippen molar-refractivity contribution in [3.63, 3.8) is 0 Å². The molecule has 1 unspecified atom stereocenters. The van der Waals surface area contributed by atoms with E-state index in [1.807, 2.05) is 61.7 Å². The first-order valence-corrected chi connectivity index (χ1v) is 16.9. The highest BCUT2D eigenvalue weighted by molar-refractivity contribution is 8.00. The van der Waals surface area contributed by atoms with Gasteiger partial charge in [-0.15, -0.1) is 23.1 Å². The summed E-state index contributed by atoms with van der Waals surface area (Å²) in [4.78, 5) is 44.7. The van der Waals surface area contributed by atoms with Gasteiger partial charge in [-0.1, -0.05) is 30.3 Å². The van der Waals surface area contributed by atoms with E-state index in [2.05, 4.69) is 20.9 Å². The number of nitrogens with one attached hydrogen (secondary N) is 3. The highest BCUT2D eigenvalue weighted by Crippen LogP contribution is 2.29. The van der Waals surface area contributed by atoms with E-state index in [0.29, 0.717) is 34.3 Å². The van der Waals surface area contributed by atoms with Crippen LogP contribution in [0.2, 0.25) is 0 Å². The number of aromatic nitrogens is 1. The fourth-order valence-corrected chi connectivity index (χ4v) is 6.03. The molecule has 9 nitrogen and oxygen atoms in total. The second kappa shape index (κ2) is 16.4. The zero-order valence-corrected chi connectivity index (χ0v) is 28.2. The minimum atomic E-state index is -0.490. The highest BCUT2D eigenvalue weighted by atomic mass is 32.2. The van der Waals surface area contributed by atoms with Crippen molar-refractivity contribution in [1.82, 2.24) is 10.3 Å². The summed E-state index contributed by atoms with van der Waals surface area (Å²) in [5, 5.41) is 10.5. The van der Waals surface area contributed by atoms with E-state index >= 15 is 0 Å². The molecular weight excluding hydrogens is 645 g/mol. The Labute approximate surface area is 287 Å². The molecule has 4 aromatic carbocycles. The number of carbonyl (C=O) groups is 3. The maximum Gasteiger partial charge on any atom is 0.272 e. The van der Waals surface area contributed by atoms with Crippen molar-refractivity contribution in [2.24, 2.45) is 0 Å². The topological polar surface area (TPSA) is 119 Å². The molecule has 48 heavy (non-hydrogen) atoms. The average Bonchev–Trinajstić information content (AvgIpc) is 3.58. The molecule has 1 atom stereocenters. The molecule has 0 bridgehead atoms. The summed E-state index contributed by atoms with van der Waals surface area (Å²) in [5.74, 6) is 0.400. The van der Waals surface area contributed by atoms with Crippen molar-refractivity contribution in [3.05, 3.63) is 125 Å². The zero-order valence-electron chi connectivity index (χ0n) is 26.6.